The van der Waals surface area contributed by atoms with Gasteiger partial charge in [-0.1, -0.05) is 23.8 Å². The Morgan fingerprint density at radius 2 is 1.34 bits per heavy atom. The van der Waals surface area contributed by atoms with E-state index in [1.165, 1.54) is 32.9 Å². The van der Waals surface area contributed by atoms with E-state index in [2.05, 4.69) is 0 Å². The molecular weight excluding hydrogens is 416 g/mol. The molecule has 2 aromatic carbocycles. The zero-order valence-electron chi connectivity index (χ0n) is 16.1. The second kappa shape index (κ2) is 7.86. The van der Waals surface area contributed by atoms with Crippen molar-refractivity contribution in [3.63, 3.8) is 0 Å². The van der Waals surface area contributed by atoms with Crippen LogP contribution in [-0.2, 0) is 20.0 Å². The summed E-state index contributed by atoms with van der Waals surface area (Å²) in [6.45, 7) is 3.48. The number of carboxylic acid groups (broad SMARTS) is 1. The summed E-state index contributed by atoms with van der Waals surface area (Å²) in [7, 11) is -7.64. The first-order valence-electron chi connectivity index (χ1n) is 8.94. The highest BCUT2D eigenvalue weighted by Gasteiger charge is 2.34. The van der Waals surface area contributed by atoms with Gasteiger partial charge in [-0.25, -0.2) is 21.6 Å². The number of hydrogen-bond donors (Lipinski definition) is 1. The van der Waals surface area contributed by atoms with Crippen LogP contribution in [0.5, 0.6) is 0 Å². The highest BCUT2D eigenvalue weighted by molar-refractivity contribution is 7.89. The number of sulfonamides is 2. The van der Waals surface area contributed by atoms with Crippen LogP contribution < -0.4 is 0 Å². The van der Waals surface area contributed by atoms with Crippen molar-refractivity contribution in [3.05, 3.63) is 59.2 Å². The molecule has 156 valence electrons. The maximum absolute atomic E-state index is 13.0. The van der Waals surface area contributed by atoms with Crippen molar-refractivity contribution in [2.75, 3.05) is 26.2 Å². The van der Waals surface area contributed by atoms with E-state index in [4.69, 9.17) is 5.11 Å². The summed E-state index contributed by atoms with van der Waals surface area (Å²) in [5, 5.41) is 9.14. The molecule has 1 N–H and O–H groups in total. The average Bonchev–Trinajstić information content (AvgIpc) is 2.68. The monoisotopic (exact) mass is 438 g/mol. The lowest BCUT2D eigenvalue weighted by molar-refractivity contribution is 0.0696. The lowest BCUT2D eigenvalue weighted by atomic mass is 10.1. The molecule has 10 heteroatoms. The summed E-state index contributed by atoms with van der Waals surface area (Å²) in [4.78, 5) is 11.3. The summed E-state index contributed by atoms with van der Waals surface area (Å²) in [5.74, 6) is -1.21. The highest BCUT2D eigenvalue weighted by Crippen LogP contribution is 2.25. The number of nitrogens with zero attached hydrogens (tertiary/aromatic N) is 2. The predicted molar refractivity (Wildman–Crippen MR) is 107 cm³/mol. The van der Waals surface area contributed by atoms with Crippen LogP contribution >= 0.6 is 0 Å². The molecule has 2 aromatic rings. The highest BCUT2D eigenvalue weighted by atomic mass is 32.2. The normalized spacial score (nSPS) is 16.6. The van der Waals surface area contributed by atoms with Crippen LogP contribution in [0, 0.1) is 13.8 Å². The number of piperazine rings is 1. The van der Waals surface area contributed by atoms with Crippen LogP contribution in [-0.4, -0.2) is 62.7 Å². The Balaban J connectivity index is 1.81. The molecule has 8 nitrogen and oxygen atoms in total. The van der Waals surface area contributed by atoms with Gasteiger partial charge in [-0.05, 0) is 43.7 Å². The molecule has 0 atom stereocenters. The molecule has 0 radical (unpaired) electrons. The van der Waals surface area contributed by atoms with Gasteiger partial charge in [0.1, 0.15) is 0 Å². The molecule has 0 amide bonds. The van der Waals surface area contributed by atoms with E-state index in [1.54, 1.807) is 19.1 Å². The van der Waals surface area contributed by atoms with Gasteiger partial charge in [-0.15, -0.1) is 0 Å². The van der Waals surface area contributed by atoms with Gasteiger partial charge in [0.2, 0.25) is 20.0 Å². The molecule has 0 saturated carbocycles. The lowest BCUT2D eigenvalue weighted by Gasteiger charge is -2.33. The first-order chi connectivity index (χ1) is 13.5. The van der Waals surface area contributed by atoms with E-state index >= 15 is 0 Å². The number of rotatable bonds is 5. The lowest BCUT2D eigenvalue weighted by Crippen LogP contribution is -2.50. The first kappa shape index (κ1) is 21.4. The fourth-order valence-corrected chi connectivity index (χ4v) is 6.26. The number of aryl methyl sites for hydroxylation is 2. The number of aromatic carboxylic acids is 1. The number of carbonyl (C=O) groups is 1. The second-order valence-electron chi connectivity index (χ2n) is 6.91. The van der Waals surface area contributed by atoms with Gasteiger partial charge in [0.05, 0.1) is 15.4 Å². The van der Waals surface area contributed by atoms with Crippen LogP contribution in [0.1, 0.15) is 21.5 Å². The maximum atomic E-state index is 13.0. The summed E-state index contributed by atoms with van der Waals surface area (Å²) in [6.07, 6.45) is 0. The molecular formula is C19H22N2O6S2. The smallest absolute Gasteiger partial charge is 0.335 e. The van der Waals surface area contributed by atoms with Gasteiger partial charge in [0.25, 0.3) is 0 Å². The molecule has 0 unspecified atom stereocenters. The molecule has 0 aliphatic carbocycles. The quantitative estimate of drug-likeness (QED) is 0.760. The van der Waals surface area contributed by atoms with Crippen LogP contribution in [0.3, 0.4) is 0 Å². The molecule has 0 spiro atoms. The Morgan fingerprint density at radius 1 is 0.828 bits per heavy atom. The Hall–Kier alpha value is -2.27. The molecule has 1 aliphatic heterocycles. The van der Waals surface area contributed by atoms with Crippen molar-refractivity contribution >= 4 is 26.0 Å². The average molecular weight is 439 g/mol. The summed E-state index contributed by atoms with van der Waals surface area (Å²) in [5.41, 5.74) is 1.26. The van der Waals surface area contributed by atoms with Crippen molar-refractivity contribution in [2.24, 2.45) is 0 Å². The Labute approximate surface area is 170 Å². The molecule has 1 aliphatic rings. The molecule has 29 heavy (non-hydrogen) atoms. The van der Waals surface area contributed by atoms with E-state index in [0.717, 1.165) is 11.6 Å². The van der Waals surface area contributed by atoms with E-state index in [0.29, 0.717) is 5.56 Å². The third-order valence-electron chi connectivity index (χ3n) is 4.91. The number of carboxylic acids is 1. The van der Waals surface area contributed by atoms with Crippen molar-refractivity contribution in [1.29, 1.82) is 0 Å². The largest absolute Gasteiger partial charge is 0.478 e. The zero-order valence-corrected chi connectivity index (χ0v) is 17.7. The molecule has 3 rings (SSSR count). The molecule has 0 bridgehead atoms. The standard InChI is InChI=1S/C19H22N2O6S2/c1-14-3-7-17(8-4-14)28(24,25)20-9-11-21(12-10-20)29(26,27)18-13-16(19(22)23)6-5-15(18)2/h3-8,13H,9-12H2,1-2H3,(H,22,23). The van der Waals surface area contributed by atoms with E-state index in [9.17, 15) is 21.6 Å². The SMILES string of the molecule is Cc1ccc(S(=O)(=O)N2CCN(S(=O)(=O)c3cc(C(=O)O)ccc3C)CC2)cc1. The van der Waals surface area contributed by atoms with Gasteiger partial charge in [0.15, 0.2) is 0 Å². The van der Waals surface area contributed by atoms with Gasteiger partial charge in [-0.2, -0.15) is 8.61 Å². The molecule has 1 fully saturated rings. The van der Waals surface area contributed by atoms with Crippen LogP contribution in [0.2, 0.25) is 0 Å². The minimum absolute atomic E-state index is 0.00976. The second-order valence-corrected chi connectivity index (χ2v) is 10.8. The van der Waals surface area contributed by atoms with Crippen molar-refractivity contribution in [2.45, 2.75) is 23.6 Å². The van der Waals surface area contributed by atoms with Crippen LogP contribution in [0.15, 0.2) is 52.3 Å². The third kappa shape index (κ3) is 4.20. The van der Waals surface area contributed by atoms with E-state index < -0.39 is 26.0 Å². The first-order valence-corrected chi connectivity index (χ1v) is 11.8. The zero-order chi connectivity index (χ0) is 21.4. The fraction of sp³-hybridized carbons (Fsp3) is 0.316. The Bertz CT molecular complexity index is 1130. The maximum Gasteiger partial charge on any atom is 0.335 e. The van der Waals surface area contributed by atoms with Gasteiger partial charge in [-0.3, -0.25) is 0 Å². The van der Waals surface area contributed by atoms with Gasteiger partial charge in [0, 0.05) is 26.2 Å². The van der Waals surface area contributed by atoms with Crippen molar-refractivity contribution in [3.8, 4) is 0 Å². The van der Waals surface area contributed by atoms with E-state index in [-0.39, 0.29) is 41.5 Å². The predicted octanol–water partition coefficient (Wildman–Crippen LogP) is 1.70. The minimum atomic E-state index is -3.94. The van der Waals surface area contributed by atoms with Crippen molar-refractivity contribution < 1.29 is 26.7 Å². The van der Waals surface area contributed by atoms with Crippen LogP contribution in [0.25, 0.3) is 0 Å². The molecule has 1 saturated heterocycles. The summed E-state index contributed by atoms with van der Waals surface area (Å²) < 4.78 is 54.1. The molecule has 0 aromatic heterocycles. The van der Waals surface area contributed by atoms with E-state index in [1.807, 2.05) is 6.92 Å². The van der Waals surface area contributed by atoms with Gasteiger partial charge < -0.3 is 5.11 Å². The fourth-order valence-electron chi connectivity index (χ4n) is 3.16. The van der Waals surface area contributed by atoms with Gasteiger partial charge >= 0.3 is 5.97 Å². The number of hydrogen-bond acceptors (Lipinski definition) is 5. The number of benzene rings is 2. The summed E-state index contributed by atoms with van der Waals surface area (Å²) in [6, 6.07) is 10.4. The Morgan fingerprint density at radius 3 is 1.86 bits per heavy atom. The van der Waals surface area contributed by atoms with Crippen molar-refractivity contribution in [1.82, 2.24) is 8.61 Å². The minimum Gasteiger partial charge on any atom is -0.478 e. The summed E-state index contributed by atoms with van der Waals surface area (Å²) >= 11 is 0. The topological polar surface area (TPSA) is 112 Å². The Kier molecular flexibility index (Phi) is 5.81. The van der Waals surface area contributed by atoms with Crippen LogP contribution in [0.4, 0.5) is 0 Å². The molecule has 1 heterocycles. The third-order valence-corrected chi connectivity index (χ3v) is 8.86.